The summed E-state index contributed by atoms with van der Waals surface area (Å²) in [5.41, 5.74) is 0.702. The highest BCUT2D eigenvalue weighted by Gasteiger charge is 2.37. The van der Waals surface area contributed by atoms with Gasteiger partial charge in [0.15, 0.2) is 0 Å². The second-order valence-corrected chi connectivity index (χ2v) is 11.5. The predicted octanol–water partition coefficient (Wildman–Crippen LogP) is 6.60. The number of amides is 3. The largest absolute Gasteiger partial charge is 0.508 e. The molecule has 0 fully saturated rings. The maximum atomic E-state index is 14.2. The SMILES string of the molecule is CCCCN(C(=O)C(CC(C)C)NC(=O)OC(C)(C)C)C(C(=O)Nc1c(C)cccc1Cl)c1ccccc1O. The lowest BCUT2D eigenvalue weighted by molar-refractivity contribution is -0.141. The van der Waals surface area contributed by atoms with Crippen molar-refractivity contribution >= 4 is 35.2 Å². The molecule has 0 saturated carbocycles. The van der Waals surface area contributed by atoms with Crippen molar-refractivity contribution in [1.82, 2.24) is 10.2 Å². The molecule has 0 heterocycles. The van der Waals surface area contributed by atoms with Gasteiger partial charge in [-0.2, -0.15) is 0 Å². The van der Waals surface area contributed by atoms with Crippen LogP contribution in [0.15, 0.2) is 42.5 Å². The summed E-state index contributed by atoms with van der Waals surface area (Å²) in [6.45, 7) is 13.2. The smallest absolute Gasteiger partial charge is 0.408 e. The first-order chi connectivity index (χ1) is 18.2. The van der Waals surface area contributed by atoms with Crippen molar-refractivity contribution in [3.05, 3.63) is 58.6 Å². The van der Waals surface area contributed by atoms with Gasteiger partial charge in [0.05, 0.1) is 10.7 Å². The number of carbonyl (C=O) groups excluding carboxylic acids is 3. The van der Waals surface area contributed by atoms with Crippen LogP contribution in [0.3, 0.4) is 0 Å². The third kappa shape index (κ3) is 9.46. The molecule has 0 aliphatic heterocycles. The number of alkyl carbamates (subject to hydrolysis) is 1. The van der Waals surface area contributed by atoms with Crippen LogP contribution in [0, 0.1) is 12.8 Å². The number of nitrogens with one attached hydrogen (secondary N) is 2. The number of benzene rings is 2. The third-order valence-electron chi connectivity index (χ3n) is 5.99. The van der Waals surface area contributed by atoms with Crippen molar-refractivity contribution in [2.75, 3.05) is 11.9 Å². The van der Waals surface area contributed by atoms with E-state index in [9.17, 15) is 19.5 Å². The predicted molar refractivity (Wildman–Crippen MR) is 155 cm³/mol. The minimum absolute atomic E-state index is 0.0603. The lowest BCUT2D eigenvalue weighted by Gasteiger charge is -2.35. The number of ether oxygens (including phenoxy) is 1. The molecule has 0 radical (unpaired) electrons. The van der Waals surface area contributed by atoms with Gasteiger partial charge < -0.3 is 25.4 Å². The highest BCUT2D eigenvalue weighted by atomic mass is 35.5. The molecule has 9 heteroatoms. The Balaban J connectivity index is 2.58. The summed E-state index contributed by atoms with van der Waals surface area (Å²) in [6, 6.07) is 9.58. The Morgan fingerprint density at radius 1 is 1.08 bits per heavy atom. The lowest BCUT2D eigenvalue weighted by atomic mass is 9.98. The zero-order chi connectivity index (χ0) is 29.3. The molecule has 2 atom stereocenters. The van der Waals surface area contributed by atoms with Gasteiger partial charge in [-0.3, -0.25) is 9.59 Å². The number of hydrogen-bond donors (Lipinski definition) is 3. The Morgan fingerprint density at radius 3 is 2.31 bits per heavy atom. The molecule has 0 spiro atoms. The van der Waals surface area contributed by atoms with Gasteiger partial charge in [0.1, 0.15) is 23.4 Å². The van der Waals surface area contributed by atoms with Crippen molar-refractivity contribution in [1.29, 1.82) is 0 Å². The van der Waals surface area contributed by atoms with Crippen LogP contribution < -0.4 is 10.6 Å². The van der Waals surface area contributed by atoms with Gasteiger partial charge in [-0.15, -0.1) is 0 Å². The van der Waals surface area contributed by atoms with E-state index < -0.39 is 35.6 Å². The molecule has 8 nitrogen and oxygen atoms in total. The summed E-state index contributed by atoms with van der Waals surface area (Å²) in [4.78, 5) is 42.2. The van der Waals surface area contributed by atoms with Crippen LogP contribution in [-0.2, 0) is 14.3 Å². The minimum atomic E-state index is -1.18. The summed E-state index contributed by atoms with van der Waals surface area (Å²) in [7, 11) is 0. The van der Waals surface area contributed by atoms with Crippen LogP contribution in [0.4, 0.5) is 10.5 Å². The molecule has 3 amide bonds. The number of carbonyl (C=O) groups is 3. The van der Waals surface area contributed by atoms with Gasteiger partial charge in [0.25, 0.3) is 5.91 Å². The first kappa shape index (κ1) is 32.0. The molecular formula is C30H42ClN3O5. The van der Waals surface area contributed by atoms with E-state index in [0.29, 0.717) is 23.6 Å². The van der Waals surface area contributed by atoms with Crippen LogP contribution in [0.2, 0.25) is 5.02 Å². The van der Waals surface area contributed by atoms with Gasteiger partial charge in [0.2, 0.25) is 5.91 Å². The third-order valence-corrected chi connectivity index (χ3v) is 6.31. The second kappa shape index (κ2) is 14.2. The van der Waals surface area contributed by atoms with E-state index in [2.05, 4.69) is 10.6 Å². The molecule has 39 heavy (non-hydrogen) atoms. The van der Waals surface area contributed by atoms with E-state index in [-0.39, 0.29) is 23.8 Å². The number of halogens is 1. The number of anilines is 1. The Kier molecular flexibility index (Phi) is 11.6. The first-order valence-corrected chi connectivity index (χ1v) is 13.8. The molecule has 0 bridgehead atoms. The maximum Gasteiger partial charge on any atom is 0.408 e. The van der Waals surface area contributed by atoms with E-state index in [1.807, 2.05) is 33.8 Å². The number of phenols is 1. The van der Waals surface area contributed by atoms with E-state index >= 15 is 0 Å². The summed E-state index contributed by atoms with van der Waals surface area (Å²) < 4.78 is 5.42. The highest BCUT2D eigenvalue weighted by molar-refractivity contribution is 6.34. The number of para-hydroxylation sites is 2. The van der Waals surface area contributed by atoms with Crippen molar-refractivity contribution in [2.45, 2.75) is 85.4 Å². The minimum Gasteiger partial charge on any atom is -0.508 e. The fourth-order valence-electron chi connectivity index (χ4n) is 4.19. The van der Waals surface area contributed by atoms with Crippen LogP contribution in [0.1, 0.15) is 78.0 Å². The summed E-state index contributed by atoms with van der Waals surface area (Å²) in [5, 5.41) is 16.7. The number of unbranched alkanes of at least 4 members (excludes halogenated alkanes) is 1. The number of aromatic hydroxyl groups is 1. The zero-order valence-corrected chi connectivity index (χ0v) is 24.8. The monoisotopic (exact) mass is 559 g/mol. The summed E-state index contributed by atoms with van der Waals surface area (Å²) >= 11 is 6.39. The number of rotatable bonds is 11. The van der Waals surface area contributed by atoms with Crippen molar-refractivity contribution in [3.8, 4) is 5.75 Å². The van der Waals surface area contributed by atoms with Crippen LogP contribution in [0.25, 0.3) is 0 Å². The molecule has 2 unspecified atom stereocenters. The second-order valence-electron chi connectivity index (χ2n) is 11.1. The number of hydrogen-bond acceptors (Lipinski definition) is 5. The number of aryl methyl sites for hydroxylation is 1. The lowest BCUT2D eigenvalue weighted by Crippen LogP contribution is -2.53. The molecule has 0 aliphatic carbocycles. The molecule has 0 saturated heterocycles. The summed E-state index contributed by atoms with van der Waals surface area (Å²) in [5.74, 6) is -1.03. The topological polar surface area (TPSA) is 108 Å². The van der Waals surface area contributed by atoms with E-state index in [0.717, 1.165) is 12.0 Å². The van der Waals surface area contributed by atoms with Gasteiger partial charge >= 0.3 is 6.09 Å². The molecule has 0 aliphatic rings. The van der Waals surface area contributed by atoms with Crippen molar-refractivity contribution < 1.29 is 24.2 Å². The zero-order valence-electron chi connectivity index (χ0n) is 24.0. The molecule has 2 rings (SSSR count). The summed E-state index contributed by atoms with van der Waals surface area (Å²) in [6.07, 6.45) is 0.984. The molecule has 2 aromatic rings. The van der Waals surface area contributed by atoms with E-state index in [1.165, 1.54) is 11.0 Å². The quantitative estimate of drug-likeness (QED) is 0.287. The number of nitrogens with zero attached hydrogens (tertiary/aromatic N) is 1. The average molecular weight is 560 g/mol. The van der Waals surface area contributed by atoms with Gasteiger partial charge in [0, 0.05) is 12.1 Å². The van der Waals surface area contributed by atoms with Crippen LogP contribution in [-0.4, -0.2) is 46.1 Å². The van der Waals surface area contributed by atoms with E-state index in [1.54, 1.807) is 51.1 Å². The van der Waals surface area contributed by atoms with Crippen LogP contribution >= 0.6 is 11.6 Å². The fraction of sp³-hybridized carbons (Fsp3) is 0.500. The molecule has 2 aromatic carbocycles. The standard InChI is InChI=1S/C30H42ClN3O5/c1-8-9-17-34(28(37)23(18-19(2)3)32-29(38)39-30(5,6)7)26(21-14-10-11-16-24(21)35)27(36)33-25-20(4)13-12-15-22(25)31/h10-16,19,23,26,35H,8-9,17-18H2,1-7H3,(H,32,38)(H,33,36). The Bertz CT molecular complexity index is 1130. The van der Waals surface area contributed by atoms with Gasteiger partial charge in [-0.1, -0.05) is 69.1 Å². The fourth-order valence-corrected chi connectivity index (χ4v) is 4.46. The Morgan fingerprint density at radius 2 is 1.74 bits per heavy atom. The van der Waals surface area contributed by atoms with Crippen LogP contribution in [0.5, 0.6) is 5.75 Å². The Labute approximate surface area is 237 Å². The normalized spacial score (nSPS) is 12.9. The van der Waals surface area contributed by atoms with Crippen molar-refractivity contribution in [3.63, 3.8) is 0 Å². The molecule has 0 aromatic heterocycles. The average Bonchev–Trinajstić information content (AvgIpc) is 2.82. The molecule has 3 N–H and O–H groups in total. The molecule has 214 valence electrons. The first-order valence-electron chi connectivity index (χ1n) is 13.4. The number of phenolic OH excluding ortho intramolecular Hbond substituents is 1. The van der Waals surface area contributed by atoms with E-state index in [4.69, 9.17) is 16.3 Å². The Hall–Kier alpha value is -3.26. The van der Waals surface area contributed by atoms with Gasteiger partial charge in [-0.25, -0.2) is 4.79 Å². The van der Waals surface area contributed by atoms with Gasteiger partial charge in [-0.05, 0) is 64.2 Å². The molecular weight excluding hydrogens is 518 g/mol. The maximum absolute atomic E-state index is 14.2. The van der Waals surface area contributed by atoms with Crippen molar-refractivity contribution in [2.24, 2.45) is 5.92 Å². The highest BCUT2D eigenvalue weighted by Crippen LogP contribution is 2.33.